The van der Waals surface area contributed by atoms with E-state index < -0.39 is 23.3 Å². The second kappa shape index (κ2) is 8.90. The fourth-order valence-electron chi connectivity index (χ4n) is 3.78. The summed E-state index contributed by atoms with van der Waals surface area (Å²) >= 11 is 0. The van der Waals surface area contributed by atoms with Crippen LogP contribution in [0.1, 0.15) is 59.8 Å². The predicted molar refractivity (Wildman–Crippen MR) is 86.2 cm³/mol. The topological polar surface area (TPSA) is 76.4 Å². The van der Waals surface area contributed by atoms with Crippen molar-refractivity contribution in [2.24, 2.45) is 23.2 Å². The zero-order valence-corrected chi connectivity index (χ0v) is 14.8. The van der Waals surface area contributed by atoms with Gasteiger partial charge in [0.15, 0.2) is 5.41 Å². The highest BCUT2D eigenvalue weighted by atomic mass is 16.5. The van der Waals surface area contributed by atoms with Crippen molar-refractivity contribution in [1.82, 2.24) is 0 Å². The van der Waals surface area contributed by atoms with Crippen LogP contribution in [0.2, 0.25) is 0 Å². The molecular formula is C18H29NO4. The van der Waals surface area contributed by atoms with E-state index in [1.54, 1.807) is 13.8 Å². The van der Waals surface area contributed by atoms with E-state index in [0.29, 0.717) is 0 Å². The summed E-state index contributed by atoms with van der Waals surface area (Å²) in [4.78, 5) is 25.4. The van der Waals surface area contributed by atoms with Crippen molar-refractivity contribution < 1.29 is 19.1 Å². The van der Waals surface area contributed by atoms with Gasteiger partial charge in [0, 0.05) is 0 Å². The Morgan fingerprint density at radius 3 is 2.13 bits per heavy atom. The van der Waals surface area contributed by atoms with Gasteiger partial charge in [0.25, 0.3) is 0 Å². The Bertz CT molecular complexity index is 448. The molecular weight excluding hydrogens is 294 g/mol. The first-order chi connectivity index (χ1) is 10.9. The van der Waals surface area contributed by atoms with Gasteiger partial charge < -0.3 is 9.47 Å². The maximum absolute atomic E-state index is 12.8. The lowest BCUT2D eigenvalue weighted by molar-refractivity contribution is -0.172. The van der Waals surface area contributed by atoms with Crippen LogP contribution in [0.15, 0.2) is 0 Å². The lowest BCUT2D eigenvalue weighted by Gasteiger charge is -2.41. The maximum atomic E-state index is 12.8. The third kappa shape index (κ3) is 4.04. The molecule has 0 saturated heterocycles. The van der Waals surface area contributed by atoms with Crippen molar-refractivity contribution >= 4 is 11.9 Å². The molecule has 1 aliphatic rings. The fourth-order valence-corrected chi connectivity index (χ4v) is 3.78. The van der Waals surface area contributed by atoms with Crippen LogP contribution in [0, 0.1) is 34.5 Å². The molecule has 0 spiro atoms. The summed E-state index contributed by atoms with van der Waals surface area (Å²) in [6, 6.07) is 2.22. The third-order valence-corrected chi connectivity index (χ3v) is 4.75. The monoisotopic (exact) mass is 323 g/mol. The van der Waals surface area contributed by atoms with E-state index in [9.17, 15) is 14.9 Å². The first-order valence-electron chi connectivity index (χ1n) is 8.70. The third-order valence-electron chi connectivity index (χ3n) is 4.75. The highest BCUT2D eigenvalue weighted by Crippen LogP contribution is 2.47. The quantitative estimate of drug-likeness (QED) is 0.670. The molecule has 0 aromatic carbocycles. The molecule has 1 fully saturated rings. The molecule has 2 unspecified atom stereocenters. The highest BCUT2D eigenvalue weighted by Gasteiger charge is 2.57. The van der Waals surface area contributed by atoms with Crippen LogP contribution < -0.4 is 0 Å². The lowest BCUT2D eigenvalue weighted by atomic mass is 9.60. The molecule has 1 saturated carbocycles. The van der Waals surface area contributed by atoms with Crippen LogP contribution in [0.3, 0.4) is 0 Å². The van der Waals surface area contributed by atoms with Gasteiger partial charge in [-0.2, -0.15) is 5.26 Å². The Labute approximate surface area is 139 Å². The Balaban J connectivity index is 3.35. The molecule has 0 heterocycles. The van der Waals surface area contributed by atoms with Gasteiger partial charge >= 0.3 is 11.9 Å². The van der Waals surface area contributed by atoms with Gasteiger partial charge in [-0.1, -0.05) is 33.1 Å². The van der Waals surface area contributed by atoms with E-state index in [4.69, 9.17) is 9.47 Å². The SMILES string of the molecule is CCOC(=O)C(C(C)C)C(C#N)(C(=O)OCC)C1CCCCC1. The van der Waals surface area contributed by atoms with Crippen LogP contribution >= 0.6 is 0 Å². The van der Waals surface area contributed by atoms with Crippen molar-refractivity contribution in [3.63, 3.8) is 0 Å². The number of esters is 2. The molecule has 1 rings (SSSR count). The summed E-state index contributed by atoms with van der Waals surface area (Å²) in [5.74, 6) is -2.17. The molecule has 0 aliphatic heterocycles. The van der Waals surface area contributed by atoms with Crippen molar-refractivity contribution in [2.45, 2.75) is 59.8 Å². The molecule has 5 nitrogen and oxygen atoms in total. The summed E-state index contributed by atoms with van der Waals surface area (Å²) in [6.07, 6.45) is 4.60. The van der Waals surface area contributed by atoms with Crippen molar-refractivity contribution in [2.75, 3.05) is 13.2 Å². The molecule has 0 aromatic rings. The summed E-state index contributed by atoms with van der Waals surface area (Å²) in [5, 5.41) is 10.0. The molecule has 0 bridgehead atoms. The minimum atomic E-state index is -1.45. The first kappa shape index (κ1) is 19.5. The Hall–Kier alpha value is -1.57. The van der Waals surface area contributed by atoms with E-state index in [1.807, 2.05) is 13.8 Å². The van der Waals surface area contributed by atoms with Crippen molar-refractivity contribution in [3.8, 4) is 6.07 Å². The van der Waals surface area contributed by atoms with E-state index in [2.05, 4.69) is 6.07 Å². The zero-order chi connectivity index (χ0) is 17.5. The number of carbonyl (C=O) groups is 2. The number of rotatable bonds is 7. The zero-order valence-electron chi connectivity index (χ0n) is 14.8. The average molecular weight is 323 g/mol. The molecule has 0 aromatic heterocycles. The van der Waals surface area contributed by atoms with Gasteiger partial charge in [-0.05, 0) is 38.5 Å². The highest BCUT2D eigenvalue weighted by molar-refractivity contribution is 5.88. The molecule has 0 radical (unpaired) electrons. The van der Waals surface area contributed by atoms with E-state index >= 15 is 0 Å². The summed E-state index contributed by atoms with van der Waals surface area (Å²) in [6.45, 7) is 7.59. The van der Waals surface area contributed by atoms with Crippen LogP contribution in [-0.4, -0.2) is 25.2 Å². The molecule has 130 valence electrons. The van der Waals surface area contributed by atoms with E-state index in [-0.39, 0.29) is 25.0 Å². The molecule has 1 aliphatic carbocycles. The molecule has 0 amide bonds. The van der Waals surface area contributed by atoms with Gasteiger partial charge in [-0.3, -0.25) is 9.59 Å². The number of hydrogen-bond acceptors (Lipinski definition) is 5. The summed E-state index contributed by atoms with van der Waals surface area (Å²) in [5.41, 5.74) is -1.45. The summed E-state index contributed by atoms with van der Waals surface area (Å²) in [7, 11) is 0. The smallest absolute Gasteiger partial charge is 0.327 e. The van der Waals surface area contributed by atoms with E-state index in [0.717, 1.165) is 32.1 Å². The second-order valence-electron chi connectivity index (χ2n) is 6.51. The molecule has 0 N–H and O–H groups in total. The normalized spacial score (nSPS) is 19.5. The maximum Gasteiger partial charge on any atom is 0.327 e. The largest absolute Gasteiger partial charge is 0.466 e. The summed E-state index contributed by atoms with van der Waals surface area (Å²) < 4.78 is 10.4. The Morgan fingerprint density at radius 2 is 1.70 bits per heavy atom. The van der Waals surface area contributed by atoms with Crippen molar-refractivity contribution in [3.05, 3.63) is 0 Å². The average Bonchev–Trinajstić information content (AvgIpc) is 2.53. The number of ether oxygens (including phenoxy) is 2. The second-order valence-corrected chi connectivity index (χ2v) is 6.51. The van der Waals surface area contributed by atoms with Gasteiger partial charge in [0.05, 0.1) is 25.2 Å². The number of hydrogen-bond donors (Lipinski definition) is 0. The minimum Gasteiger partial charge on any atom is -0.466 e. The molecule has 23 heavy (non-hydrogen) atoms. The predicted octanol–water partition coefficient (Wildman–Crippen LogP) is 3.48. The van der Waals surface area contributed by atoms with Gasteiger partial charge in [-0.15, -0.1) is 0 Å². The van der Waals surface area contributed by atoms with Gasteiger partial charge in [0.1, 0.15) is 0 Å². The minimum absolute atomic E-state index is 0.155. The molecule has 2 atom stereocenters. The van der Waals surface area contributed by atoms with Crippen LogP contribution in [0.5, 0.6) is 0 Å². The number of nitriles is 1. The van der Waals surface area contributed by atoms with E-state index in [1.165, 1.54) is 0 Å². The fraction of sp³-hybridized carbons (Fsp3) is 0.833. The van der Waals surface area contributed by atoms with Crippen LogP contribution in [-0.2, 0) is 19.1 Å². The Morgan fingerprint density at radius 1 is 1.13 bits per heavy atom. The number of carbonyl (C=O) groups excluding carboxylic acids is 2. The standard InChI is InChI=1S/C18H29NO4/c1-5-22-16(20)15(13(3)4)18(12-19,17(21)23-6-2)14-10-8-7-9-11-14/h13-15H,5-11H2,1-4H3. The first-order valence-corrected chi connectivity index (χ1v) is 8.70. The van der Waals surface area contributed by atoms with Gasteiger partial charge in [-0.25, -0.2) is 0 Å². The lowest BCUT2D eigenvalue weighted by Crippen LogP contribution is -2.51. The van der Waals surface area contributed by atoms with Gasteiger partial charge in [0.2, 0.25) is 0 Å². The number of nitrogens with zero attached hydrogens (tertiary/aromatic N) is 1. The van der Waals surface area contributed by atoms with Crippen LogP contribution in [0.4, 0.5) is 0 Å². The van der Waals surface area contributed by atoms with Crippen LogP contribution in [0.25, 0.3) is 0 Å². The Kier molecular flexibility index (Phi) is 7.54. The molecule has 5 heteroatoms. The van der Waals surface area contributed by atoms with Crippen molar-refractivity contribution in [1.29, 1.82) is 5.26 Å².